The second-order valence-electron chi connectivity index (χ2n) is 11.8. The summed E-state index contributed by atoms with van der Waals surface area (Å²) in [5, 5.41) is 5.60. The Morgan fingerprint density at radius 3 is 1.59 bits per heavy atom. The first-order chi connectivity index (χ1) is 22.7. The Morgan fingerprint density at radius 2 is 0.978 bits per heavy atom. The maximum absolute atomic E-state index is 13.7. The standard InChI is InChI=1S/C43H28N2O/c1-3-30-31(4-2)43(46)45-41-20-12-9-17-36(41)38-26-28(25-37(30)42(38)45)33-14-6-5-13-32(33)27-21-23-29(24-22-27)44-39-18-10-7-15-34(39)35-16-8-11-19-40(35)44/h3-26H,1-2H2. The molecule has 0 saturated heterocycles. The van der Waals surface area contributed by atoms with Crippen LogP contribution in [0.5, 0.6) is 0 Å². The molecule has 0 unspecified atom stereocenters. The maximum atomic E-state index is 13.7. The van der Waals surface area contributed by atoms with Gasteiger partial charge in [-0.1, -0.05) is 116 Å². The number of hydrogen-bond donors (Lipinski definition) is 0. The number of nitrogens with zero attached hydrogens (tertiary/aromatic N) is 2. The number of rotatable bonds is 5. The van der Waals surface area contributed by atoms with E-state index in [-0.39, 0.29) is 5.56 Å². The second kappa shape index (κ2) is 9.91. The summed E-state index contributed by atoms with van der Waals surface area (Å²) in [6, 6.07) is 47.2. The lowest BCUT2D eigenvalue weighted by molar-refractivity contribution is 1.17. The first-order valence-corrected chi connectivity index (χ1v) is 15.5. The molecule has 0 N–H and O–H groups in total. The largest absolute Gasteiger partial charge is 0.309 e. The van der Waals surface area contributed by atoms with Crippen LogP contribution in [0.1, 0.15) is 11.1 Å². The second-order valence-corrected chi connectivity index (χ2v) is 11.8. The lowest BCUT2D eigenvalue weighted by atomic mass is 9.91. The van der Waals surface area contributed by atoms with Crippen LogP contribution in [0.3, 0.4) is 0 Å². The van der Waals surface area contributed by atoms with Gasteiger partial charge in [0.2, 0.25) is 0 Å². The highest BCUT2D eigenvalue weighted by Crippen LogP contribution is 2.41. The minimum atomic E-state index is -0.0694. The highest BCUT2D eigenvalue weighted by molar-refractivity contribution is 6.17. The average molecular weight is 589 g/mol. The van der Waals surface area contributed by atoms with Gasteiger partial charge in [-0.2, -0.15) is 0 Å². The summed E-state index contributed by atoms with van der Waals surface area (Å²) in [6.07, 6.45) is 3.44. The first-order valence-electron chi connectivity index (χ1n) is 15.5. The summed E-state index contributed by atoms with van der Waals surface area (Å²) < 4.78 is 4.18. The Hall–Kier alpha value is -6.19. The molecule has 3 heteroatoms. The molecule has 3 aromatic heterocycles. The van der Waals surface area contributed by atoms with Crippen LogP contribution >= 0.6 is 0 Å². The minimum absolute atomic E-state index is 0.0694. The normalized spacial score (nSPS) is 11.7. The van der Waals surface area contributed by atoms with E-state index >= 15 is 0 Å². The molecule has 0 bridgehead atoms. The summed E-state index contributed by atoms with van der Waals surface area (Å²) in [7, 11) is 0. The third-order valence-electron chi connectivity index (χ3n) is 9.45. The van der Waals surface area contributed by atoms with E-state index in [1.807, 2.05) is 22.6 Å². The minimum Gasteiger partial charge on any atom is -0.309 e. The molecule has 0 amide bonds. The van der Waals surface area contributed by atoms with E-state index in [0.29, 0.717) is 5.56 Å². The molecule has 9 aromatic rings. The van der Waals surface area contributed by atoms with E-state index in [1.54, 1.807) is 12.2 Å². The number of fused-ring (bicyclic) bond motifs is 6. The fraction of sp³-hybridized carbons (Fsp3) is 0. The van der Waals surface area contributed by atoms with Crippen molar-refractivity contribution in [2.45, 2.75) is 0 Å². The average Bonchev–Trinajstić information content (AvgIpc) is 3.63. The highest BCUT2D eigenvalue weighted by atomic mass is 16.1. The van der Waals surface area contributed by atoms with Crippen molar-refractivity contribution in [2.24, 2.45) is 0 Å². The Kier molecular flexibility index (Phi) is 5.65. The summed E-state index contributed by atoms with van der Waals surface area (Å²) >= 11 is 0. The van der Waals surface area contributed by atoms with Crippen LogP contribution in [0.25, 0.3) is 89.1 Å². The molecular formula is C43H28N2O. The van der Waals surface area contributed by atoms with Crippen molar-refractivity contribution in [3.63, 3.8) is 0 Å². The Morgan fingerprint density at radius 1 is 0.478 bits per heavy atom. The molecule has 0 aliphatic rings. The third-order valence-corrected chi connectivity index (χ3v) is 9.45. The van der Waals surface area contributed by atoms with Crippen molar-refractivity contribution in [2.75, 3.05) is 0 Å². The van der Waals surface area contributed by atoms with Crippen LogP contribution in [-0.4, -0.2) is 8.97 Å². The molecule has 0 fully saturated rings. The van der Waals surface area contributed by atoms with E-state index in [4.69, 9.17) is 0 Å². The van der Waals surface area contributed by atoms with E-state index in [0.717, 1.165) is 60.7 Å². The fourth-order valence-electron chi connectivity index (χ4n) is 7.44. The van der Waals surface area contributed by atoms with Gasteiger partial charge in [-0.3, -0.25) is 9.20 Å². The molecular weight excluding hydrogens is 560 g/mol. The molecule has 0 atom stereocenters. The van der Waals surface area contributed by atoms with Gasteiger partial charge in [0.05, 0.1) is 22.1 Å². The summed E-state index contributed by atoms with van der Waals surface area (Å²) in [5.74, 6) is 0. The molecule has 46 heavy (non-hydrogen) atoms. The number of para-hydroxylation sites is 3. The van der Waals surface area contributed by atoms with Crippen molar-refractivity contribution in [3.05, 3.63) is 168 Å². The summed E-state index contributed by atoms with van der Waals surface area (Å²) in [6.45, 7) is 8.08. The number of benzene rings is 6. The van der Waals surface area contributed by atoms with E-state index in [1.165, 1.54) is 21.8 Å². The Bertz CT molecular complexity index is 2690. The van der Waals surface area contributed by atoms with Gasteiger partial charge in [0, 0.05) is 38.2 Å². The molecule has 0 spiro atoms. The van der Waals surface area contributed by atoms with E-state index in [9.17, 15) is 4.79 Å². The maximum Gasteiger partial charge on any atom is 0.263 e. The predicted molar refractivity (Wildman–Crippen MR) is 195 cm³/mol. The van der Waals surface area contributed by atoms with Gasteiger partial charge >= 0.3 is 0 Å². The zero-order valence-electron chi connectivity index (χ0n) is 25.1. The Balaban J connectivity index is 1.26. The zero-order valence-corrected chi connectivity index (χ0v) is 25.1. The van der Waals surface area contributed by atoms with Crippen LogP contribution < -0.4 is 5.56 Å². The van der Waals surface area contributed by atoms with Crippen molar-refractivity contribution < 1.29 is 0 Å². The topological polar surface area (TPSA) is 26.4 Å². The van der Waals surface area contributed by atoms with Gasteiger partial charge in [0.1, 0.15) is 0 Å². The van der Waals surface area contributed by atoms with Crippen molar-refractivity contribution >= 4 is 61.1 Å². The summed E-state index contributed by atoms with van der Waals surface area (Å²) in [5.41, 5.74) is 11.1. The van der Waals surface area contributed by atoms with E-state index < -0.39 is 0 Å². The van der Waals surface area contributed by atoms with Crippen LogP contribution in [0, 0.1) is 0 Å². The molecule has 0 radical (unpaired) electrons. The van der Waals surface area contributed by atoms with Gasteiger partial charge < -0.3 is 4.57 Å². The summed E-state index contributed by atoms with van der Waals surface area (Å²) in [4.78, 5) is 13.7. The molecule has 6 aromatic carbocycles. The molecule has 9 rings (SSSR count). The SMILES string of the molecule is C=Cc1c(C=C)c2cc(-c3ccccc3-c3ccc(-n4c5ccccc5c5ccccc54)cc3)cc3c4ccccc4n(c1=O)c23. The fourth-order valence-corrected chi connectivity index (χ4v) is 7.44. The molecule has 0 aliphatic carbocycles. The quantitative estimate of drug-likeness (QED) is 0.196. The van der Waals surface area contributed by atoms with Crippen molar-refractivity contribution in [1.29, 1.82) is 0 Å². The number of aromatic nitrogens is 2. The van der Waals surface area contributed by atoms with Gasteiger partial charge in [-0.05, 0) is 70.3 Å². The van der Waals surface area contributed by atoms with E-state index in [2.05, 4.69) is 133 Å². The van der Waals surface area contributed by atoms with Gasteiger partial charge in [-0.15, -0.1) is 0 Å². The molecule has 0 saturated carbocycles. The highest BCUT2D eigenvalue weighted by Gasteiger charge is 2.21. The van der Waals surface area contributed by atoms with Gasteiger partial charge in [0.15, 0.2) is 0 Å². The van der Waals surface area contributed by atoms with Gasteiger partial charge in [0.25, 0.3) is 5.56 Å². The van der Waals surface area contributed by atoms with Crippen molar-refractivity contribution in [1.82, 2.24) is 8.97 Å². The van der Waals surface area contributed by atoms with Crippen LogP contribution in [-0.2, 0) is 0 Å². The molecule has 3 nitrogen and oxygen atoms in total. The Labute approximate surface area is 265 Å². The van der Waals surface area contributed by atoms with Crippen molar-refractivity contribution in [3.8, 4) is 27.9 Å². The molecule has 0 aliphatic heterocycles. The molecule has 216 valence electrons. The number of hydrogen-bond acceptors (Lipinski definition) is 1. The lowest BCUT2D eigenvalue weighted by Gasteiger charge is -2.15. The van der Waals surface area contributed by atoms with Crippen LogP contribution in [0.4, 0.5) is 0 Å². The zero-order chi connectivity index (χ0) is 30.9. The third kappa shape index (κ3) is 3.57. The lowest BCUT2D eigenvalue weighted by Crippen LogP contribution is -2.17. The monoisotopic (exact) mass is 588 g/mol. The molecule has 3 heterocycles. The van der Waals surface area contributed by atoms with Crippen LogP contribution in [0.2, 0.25) is 0 Å². The van der Waals surface area contributed by atoms with Crippen LogP contribution in [0.15, 0.2) is 151 Å². The predicted octanol–water partition coefficient (Wildman–Crippen LogP) is 10.8. The van der Waals surface area contributed by atoms with Gasteiger partial charge in [-0.25, -0.2) is 0 Å². The smallest absolute Gasteiger partial charge is 0.263 e. The first kappa shape index (κ1) is 26.2. The number of pyridine rings is 1.